The van der Waals surface area contributed by atoms with E-state index < -0.39 is 17.8 Å². The molecule has 1 aromatic rings. The van der Waals surface area contributed by atoms with Crippen molar-refractivity contribution in [3.05, 3.63) is 35.4 Å². The van der Waals surface area contributed by atoms with Crippen molar-refractivity contribution in [1.82, 2.24) is 9.80 Å². The molecule has 134 valence electrons. The Bertz CT molecular complexity index is 682. The molecule has 4 amide bonds. The molecule has 0 aromatic heterocycles. The van der Waals surface area contributed by atoms with Crippen molar-refractivity contribution in [2.24, 2.45) is 0 Å². The molecule has 1 aliphatic heterocycles. The van der Waals surface area contributed by atoms with Crippen LogP contribution in [0.25, 0.3) is 0 Å². The van der Waals surface area contributed by atoms with Crippen LogP contribution in [0.3, 0.4) is 0 Å². The van der Waals surface area contributed by atoms with Crippen LogP contribution in [0.1, 0.15) is 64.0 Å². The molecular weight excluding hydrogens is 316 g/mol. The highest BCUT2D eigenvalue weighted by atomic mass is 16.2. The first-order valence-electron chi connectivity index (χ1n) is 9.07. The molecule has 2 aliphatic rings. The second kappa shape index (κ2) is 6.62. The maximum absolute atomic E-state index is 12.7. The van der Waals surface area contributed by atoms with E-state index in [1.807, 2.05) is 24.3 Å². The van der Waals surface area contributed by atoms with Crippen molar-refractivity contribution in [3.8, 4) is 0 Å². The summed E-state index contributed by atoms with van der Waals surface area (Å²) in [5, 5.41) is 0. The molecule has 5 heteroatoms. The van der Waals surface area contributed by atoms with Gasteiger partial charge in [-0.1, -0.05) is 64.3 Å². The van der Waals surface area contributed by atoms with Gasteiger partial charge in [0.15, 0.2) is 0 Å². The molecule has 1 aromatic carbocycles. The average molecular weight is 342 g/mol. The van der Waals surface area contributed by atoms with Crippen LogP contribution in [0.5, 0.6) is 0 Å². The Morgan fingerprint density at radius 2 is 1.52 bits per heavy atom. The Kier molecular flexibility index (Phi) is 4.67. The number of hydrogen-bond donors (Lipinski definition) is 0. The highest BCUT2D eigenvalue weighted by Gasteiger charge is 2.47. The van der Waals surface area contributed by atoms with Crippen molar-refractivity contribution in [3.63, 3.8) is 0 Å². The second-order valence-corrected chi connectivity index (χ2v) is 8.09. The van der Waals surface area contributed by atoms with Crippen LogP contribution >= 0.6 is 0 Å². The minimum atomic E-state index is -0.699. The van der Waals surface area contributed by atoms with E-state index in [1.165, 1.54) is 10.5 Å². The zero-order valence-electron chi connectivity index (χ0n) is 15.2. The van der Waals surface area contributed by atoms with Crippen molar-refractivity contribution >= 4 is 17.8 Å². The van der Waals surface area contributed by atoms with E-state index in [0.29, 0.717) is 0 Å². The van der Waals surface area contributed by atoms with Gasteiger partial charge < -0.3 is 0 Å². The average Bonchev–Trinajstić information content (AvgIpc) is 2.79. The first kappa shape index (κ1) is 17.6. The summed E-state index contributed by atoms with van der Waals surface area (Å²) >= 11 is 0. The van der Waals surface area contributed by atoms with Crippen LogP contribution < -0.4 is 0 Å². The number of rotatable bonds is 3. The molecule has 1 saturated carbocycles. The lowest BCUT2D eigenvalue weighted by atomic mass is 9.87. The molecule has 3 rings (SSSR count). The maximum atomic E-state index is 12.7. The summed E-state index contributed by atoms with van der Waals surface area (Å²) in [5.74, 6) is -1.36. The largest absolute Gasteiger partial charge is 0.334 e. The summed E-state index contributed by atoms with van der Waals surface area (Å²) in [7, 11) is 0. The minimum Gasteiger partial charge on any atom is -0.263 e. The molecule has 0 N–H and O–H groups in total. The molecule has 0 atom stereocenters. The van der Waals surface area contributed by atoms with Gasteiger partial charge in [-0.05, 0) is 29.4 Å². The van der Waals surface area contributed by atoms with E-state index in [9.17, 15) is 14.4 Å². The van der Waals surface area contributed by atoms with Gasteiger partial charge in [0.25, 0.3) is 0 Å². The zero-order chi connectivity index (χ0) is 18.2. The molecule has 1 aliphatic carbocycles. The monoisotopic (exact) mass is 342 g/mol. The predicted molar refractivity (Wildman–Crippen MR) is 94.8 cm³/mol. The Morgan fingerprint density at radius 3 is 2.08 bits per heavy atom. The number of carbonyl (C=O) groups is 3. The van der Waals surface area contributed by atoms with Crippen LogP contribution in [-0.4, -0.2) is 33.7 Å². The third-order valence-corrected chi connectivity index (χ3v) is 5.18. The molecule has 0 spiro atoms. The zero-order valence-corrected chi connectivity index (χ0v) is 15.2. The molecule has 1 saturated heterocycles. The number of carbonyl (C=O) groups excluding carboxylic acids is 3. The Morgan fingerprint density at radius 1 is 0.920 bits per heavy atom. The van der Waals surface area contributed by atoms with Gasteiger partial charge in [0.05, 0.1) is 6.54 Å². The third kappa shape index (κ3) is 3.46. The van der Waals surface area contributed by atoms with E-state index >= 15 is 0 Å². The van der Waals surface area contributed by atoms with Crippen molar-refractivity contribution in [1.29, 1.82) is 0 Å². The van der Waals surface area contributed by atoms with Crippen molar-refractivity contribution in [2.45, 2.75) is 70.9 Å². The van der Waals surface area contributed by atoms with E-state index in [-0.39, 0.29) is 18.0 Å². The van der Waals surface area contributed by atoms with Crippen molar-refractivity contribution < 1.29 is 14.4 Å². The standard InChI is InChI=1S/C20H26N2O3/c1-20(2,3)15-11-9-14(10-12-15)13-21-17(23)18(24)22(19(21)25)16-7-5-4-6-8-16/h9-12,16H,4-8,13H2,1-3H3. The Hall–Kier alpha value is -2.17. The van der Waals surface area contributed by atoms with Crippen LogP contribution in [-0.2, 0) is 21.5 Å². The molecule has 25 heavy (non-hydrogen) atoms. The van der Waals surface area contributed by atoms with Crippen LogP contribution in [0.4, 0.5) is 4.79 Å². The smallest absolute Gasteiger partial charge is 0.263 e. The van der Waals surface area contributed by atoms with Crippen molar-refractivity contribution in [2.75, 3.05) is 0 Å². The molecule has 2 fully saturated rings. The van der Waals surface area contributed by atoms with Crippen LogP contribution in [0.15, 0.2) is 24.3 Å². The van der Waals surface area contributed by atoms with E-state index in [1.54, 1.807) is 0 Å². The normalized spacial score (nSPS) is 19.9. The van der Waals surface area contributed by atoms with E-state index in [2.05, 4.69) is 20.8 Å². The topological polar surface area (TPSA) is 57.7 Å². The fourth-order valence-electron chi connectivity index (χ4n) is 3.62. The predicted octanol–water partition coefficient (Wildman–Crippen LogP) is 3.61. The number of benzene rings is 1. The van der Waals surface area contributed by atoms with Gasteiger partial charge in [-0.25, -0.2) is 4.79 Å². The molecule has 0 unspecified atom stereocenters. The number of urea groups is 1. The van der Waals surface area contributed by atoms with Gasteiger partial charge in [-0.2, -0.15) is 0 Å². The molecule has 5 nitrogen and oxygen atoms in total. The summed E-state index contributed by atoms with van der Waals surface area (Å²) in [4.78, 5) is 39.6. The van der Waals surface area contributed by atoms with Gasteiger partial charge in [0.2, 0.25) is 0 Å². The second-order valence-electron chi connectivity index (χ2n) is 8.09. The number of imide groups is 2. The number of hydrogen-bond acceptors (Lipinski definition) is 3. The van der Waals surface area contributed by atoms with Gasteiger partial charge in [-0.3, -0.25) is 19.4 Å². The van der Waals surface area contributed by atoms with Gasteiger partial charge >= 0.3 is 17.8 Å². The summed E-state index contributed by atoms with van der Waals surface area (Å²) in [6, 6.07) is 7.30. The molecule has 0 radical (unpaired) electrons. The summed E-state index contributed by atoms with van der Waals surface area (Å²) in [6.45, 7) is 6.56. The van der Waals surface area contributed by atoms with Crippen LogP contribution in [0, 0.1) is 0 Å². The highest BCUT2D eigenvalue weighted by molar-refractivity contribution is 6.44. The molecule has 0 bridgehead atoms. The fraction of sp³-hybridized carbons (Fsp3) is 0.550. The van der Waals surface area contributed by atoms with Crippen LogP contribution in [0.2, 0.25) is 0 Å². The lowest BCUT2D eigenvalue weighted by Gasteiger charge is -2.28. The number of amides is 4. The molecule has 1 heterocycles. The van der Waals surface area contributed by atoms with Gasteiger partial charge in [-0.15, -0.1) is 0 Å². The SMILES string of the molecule is CC(C)(C)c1ccc(CN2C(=O)C(=O)N(C3CCCCC3)C2=O)cc1. The first-order chi connectivity index (χ1) is 11.8. The lowest BCUT2D eigenvalue weighted by Crippen LogP contribution is -2.42. The quantitative estimate of drug-likeness (QED) is 0.623. The summed E-state index contributed by atoms with van der Waals surface area (Å²) < 4.78 is 0. The summed E-state index contributed by atoms with van der Waals surface area (Å²) in [6.07, 6.45) is 4.75. The van der Waals surface area contributed by atoms with Gasteiger partial charge in [0.1, 0.15) is 0 Å². The fourth-order valence-corrected chi connectivity index (χ4v) is 3.62. The third-order valence-electron chi connectivity index (χ3n) is 5.18. The Labute approximate surface area is 149 Å². The molecular formula is C20H26N2O3. The highest BCUT2D eigenvalue weighted by Crippen LogP contribution is 2.28. The lowest BCUT2D eigenvalue weighted by molar-refractivity contribution is -0.144. The summed E-state index contributed by atoms with van der Waals surface area (Å²) in [5.41, 5.74) is 2.09. The van der Waals surface area contributed by atoms with Gasteiger partial charge in [0, 0.05) is 6.04 Å². The first-order valence-corrected chi connectivity index (χ1v) is 9.07. The maximum Gasteiger partial charge on any atom is 0.334 e. The van der Waals surface area contributed by atoms with E-state index in [4.69, 9.17) is 0 Å². The Balaban J connectivity index is 1.75. The number of nitrogens with zero attached hydrogens (tertiary/aromatic N) is 2. The minimum absolute atomic E-state index is 0.0472. The van der Waals surface area contributed by atoms with E-state index in [0.717, 1.165) is 42.6 Å².